The van der Waals surface area contributed by atoms with Crippen LogP contribution in [-0.4, -0.2) is 6.29 Å². The Morgan fingerprint density at radius 3 is 1.85 bits per heavy atom. The first-order valence-electron chi connectivity index (χ1n) is 6.59. The van der Waals surface area contributed by atoms with Crippen LogP contribution in [0.15, 0.2) is 90.0 Å². The molecule has 1 heteroatoms. The number of allylic oxidation sites excluding steroid dienone is 5. The molecule has 1 aliphatic rings. The first-order chi connectivity index (χ1) is 9.90. The zero-order chi connectivity index (χ0) is 13.8. The van der Waals surface area contributed by atoms with Gasteiger partial charge >= 0.3 is 0 Å². The number of rotatable bonds is 3. The number of aldehydes is 1. The Kier molecular flexibility index (Phi) is 3.42. The highest BCUT2D eigenvalue weighted by Crippen LogP contribution is 2.32. The molecular weight excluding hydrogens is 244 g/mol. The second-order valence-electron chi connectivity index (χ2n) is 4.62. The summed E-state index contributed by atoms with van der Waals surface area (Å²) in [6, 6.07) is 20.4. The summed E-state index contributed by atoms with van der Waals surface area (Å²) in [4.78, 5) is 11.2. The highest BCUT2D eigenvalue weighted by molar-refractivity contribution is 5.95. The second kappa shape index (κ2) is 5.54. The Hall–Kier alpha value is -2.67. The van der Waals surface area contributed by atoms with E-state index in [2.05, 4.69) is 24.3 Å². The molecule has 0 fully saturated rings. The van der Waals surface area contributed by atoms with Crippen LogP contribution in [0.25, 0.3) is 5.57 Å². The van der Waals surface area contributed by atoms with Gasteiger partial charge in [0, 0.05) is 5.57 Å². The van der Waals surface area contributed by atoms with Crippen molar-refractivity contribution in [3.8, 4) is 0 Å². The summed E-state index contributed by atoms with van der Waals surface area (Å²) in [6.07, 6.45) is 6.69. The van der Waals surface area contributed by atoms with E-state index >= 15 is 0 Å². The maximum absolute atomic E-state index is 11.2. The minimum atomic E-state index is 0.729. The zero-order valence-corrected chi connectivity index (χ0v) is 11.0. The van der Waals surface area contributed by atoms with E-state index < -0.39 is 0 Å². The lowest BCUT2D eigenvalue weighted by Crippen LogP contribution is -1.95. The third-order valence-electron chi connectivity index (χ3n) is 3.37. The van der Waals surface area contributed by atoms with Gasteiger partial charge in [-0.3, -0.25) is 4.79 Å². The molecule has 3 rings (SSSR count). The van der Waals surface area contributed by atoms with Gasteiger partial charge in [0.25, 0.3) is 0 Å². The molecule has 20 heavy (non-hydrogen) atoms. The Labute approximate surface area is 118 Å². The molecule has 2 aromatic rings. The molecule has 1 aliphatic carbocycles. The van der Waals surface area contributed by atoms with Crippen molar-refractivity contribution in [2.45, 2.75) is 0 Å². The van der Waals surface area contributed by atoms with Crippen molar-refractivity contribution in [2.75, 3.05) is 0 Å². The normalized spacial score (nSPS) is 13.2. The average molecular weight is 258 g/mol. The molecule has 0 N–H and O–H groups in total. The first-order valence-corrected chi connectivity index (χ1v) is 6.59. The number of hydrogen-bond acceptors (Lipinski definition) is 1. The van der Waals surface area contributed by atoms with Crippen LogP contribution in [0.2, 0.25) is 0 Å². The molecule has 1 nitrogen and oxygen atoms in total. The van der Waals surface area contributed by atoms with Gasteiger partial charge in [0.1, 0.15) is 0 Å². The van der Waals surface area contributed by atoms with Crippen molar-refractivity contribution in [1.29, 1.82) is 0 Å². The fourth-order valence-corrected chi connectivity index (χ4v) is 2.45. The predicted molar refractivity (Wildman–Crippen MR) is 82.2 cm³/mol. The molecule has 0 spiro atoms. The van der Waals surface area contributed by atoms with Gasteiger partial charge in [-0.05, 0) is 22.3 Å². The van der Waals surface area contributed by atoms with Gasteiger partial charge in [0.2, 0.25) is 0 Å². The molecule has 0 saturated heterocycles. The quantitative estimate of drug-likeness (QED) is 0.755. The Balaban J connectivity index is 2.25. The highest BCUT2D eigenvalue weighted by atomic mass is 16.1. The maximum atomic E-state index is 11.2. The van der Waals surface area contributed by atoms with Gasteiger partial charge in [-0.25, -0.2) is 0 Å². The van der Waals surface area contributed by atoms with Crippen LogP contribution >= 0.6 is 0 Å². The minimum Gasteiger partial charge on any atom is -0.298 e. The van der Waals surface area contributed by atoms with Gasteiger partial charge in [-0.15, -0.1) is 0 Å². The van der Waals surface area contributed by atoms with Crippen molar-refractivity contribution < 1.29 is 4.79 Å². The predicted octanol–water partition coefficient (Wildman–Crippen LogP) is 4.18. The van der Waals surface area contributed by atoms with Crippen LogP contribution in [0.4, 0.5) is 0 Å². The zero-order valence-electron chi connectivity index (χ0n) is 11.0. The molecule has 96 valence electrons. The van der Waals surface area contributed by atoms with E-state index in [1.54, 1.807) is 0 Å². The Morgan fingerprint density at radius 1 is 0.800 bits per heavy atom. The topological polar surface area (TPSA) is 17.1 Å². The molecule has 0 aliphatic heterocycles. The molecule has 0 radical (unpaired) electrons. The lowest BCUT2D eigenvalue weighted by molar-refractivity contribution is -0.104. The van der Waals surface area contributed by atoms with Gasteiger partial charge in [0.05, 0.1) is 0 Å². The van der Waals surface area contributed by atoms with Crippen LogP contribution in [-0.2, 0) is 4.79 Å². The van der Waals surface area contributed by atoms with Gasteiger partial charge in [0.15, 0.2) is 6.29 Å². The van der Waals surface area contributed by atoms with Crippen molar-refractivity contribution in [1.82, 2.24) is 0 Å². The summed E-state index contributed by atoms with van der Waals surface area (Å²) >= 11 is 0. The molecule has 0 aromatic heterocycles. The molecule has 2 aromatic carbocycles. The standard InChI is InChI=1S/C19H14O/c20-14-17-12-7-13-18(17)19(15-8-3-1-4-9-15)16-10-5-2-6-11-16/h1-14H. The number of carbonyl (C=O) groups excluding carboxylic acids is 1. The number of hydrogen-bond donors (Lipinski definition) is 0. The summed E-state index contributed by atoms with van der Waals surface area (Å²) < 4.78 is 0. The maximum Gasteiger partial charge on any atom is 0.150 e. The lowest BCUT2D eigenvalue weighted by Gasteiger charge is -2.12. The SMILES string of the molecule is O=CC1=CC=CC1=C(c1ccccc1)c1ccccc1. The van der Waals surface area contributed by atoms with E-state index in [0.29, 0.717) is 0 Å². The summed E-state index contributed by atoms with van der Waals surface area (Å²) in [6.45, 7) is 0. The van der Waals surface area contributed by atoms with E-state index in [1.807, 2.05) is 54.6 Å². The Morgan fingerprint density at radius 2 is 1.35 bits per heavy atom. The monoisotopic (exact) mass is 258 g/mol. The Bertz CT molecular complexity index is 662. The van der Waals surface area contributed by atoms with E-state index in [0.717, 1.165) is 34.1 Å². The summed E-state index contributed by atoms with van der Waals surface area (Å²) in [5, 5.41) is 0. The molecule has 0 bridgehead atoms. The van der Waals surface area contributed by atoms with Crippen molar-refractivity contribution in [2.24, 2.45) is 0 Å². The summed E-state index contributed by atoms with van der Waals surface area (Å²) in [5.74, 6) is 0. The van der Waals surface area contributed by atoms with Crippen molar-refractivity contribution in [3.63, 3.8) is 0 Å². The third kappa shape index (κ3) is 2.26. The van der Waals surface area contributed by atoms with Crippen LogP contribution < -0.4 is 0 Å². The second-order valence-corrected chi connectivity index (χ2v) is 4.62. The summed E-state index contributed by atoms with van der Waals surface area (Å²) in [5.41, 5.74) is 5.05. The van der Waals surface area contributed by atoms with Crippen LogP contribution in [0.5, 0.6) is 0 Å². The van der Waals surface area contributed by atoms with Gasteiger partial charge < -0.3 is 0 Å². The van der Waals surface area contributed by atoms with E-state index in [4.69, 9.17) is 0 Å². The van der Waals surface area contributed by atoms with E-state index in [-0.39, 0.29) is 0 Å². The molecule has 0 saturated carbocycles. The highest BCUT2D eigenvalue weighted by Gasteiger charge is 2.15. The smallest absolute Gasteiger partial charge is 0.150 e. The number of benzene rings is 2. The fourth-order valence-electron chi connectivity index (χ4n) is 2.45. The number of carbonyl (C=O) groups is 1. The van der Waals surface area contributed by atoms with Crippen LogP contribution in [0, 0.1) is 0 Å². The largest absolute Gasteiger partial charge is 0.298 e. The van der Waals surface area contributed by atoms with Gasteiger partial charge in [-0.2, -0.15) is 0 Å². The summed E-state index contributed by atoms with van der Waals surface area (Å²) in [7, 11) is 0. The fraction of sp³-hybridized carbons (Fsp3) is 0. The molecule has 0 unspecified atom stereocenters. The first kappa shape index (κ1) is 12.4. The van der Waals surface area contributed by atoms with E-state index in [9.17, 15) is 4.79 Å². The van der Waals surface area contributed by atoms with Gasteiger partial charge in [-0.1, -0.05) is 78.9 Å². The van der Waals surface area contributed by atoms with E-state index in [1.165, 1.54) is 0 Å². The van der Waals surface area contributed by atoms with Crippen molar-refractivity contribution >= 4 is 11.9 Å². The van der Waals surface area contributed by atoms with Crippen LogP contribution in [0.1, 0.15) is 11.1 Å². The molecular formula is C19H14O. The molecule has 0 heterocycles. The van der Waals surface area contributed by atoms with Crippen molar-refractivity contribution in [3.05, 3.63) is 101 Å². The third-order valence-corrected chi connectivity index (χ3v) is 3.37. The van der Waals surface area contributed by atoms with Crippen LogP contribution in [0.3, 0.4) is 0 Å². The minimum absolute atomic E-state index is 0.729. The lowest BCUT2D eigenvalue weighted by atomic mass is 9.91. The molecule has 0 atom stereocenters. The average Bonchev–Trinajstić information content (AvgIpc) is 2.98. The molecule has 0 amide bonds.